The first-order valence-electron chi connectivity index (χ1n) is 9.80. The van der Waals surface area contributed by atoms with Crippen molar-refractivity contribution < 1.29 is 4.79 Å². The van der Waals surface area contributed by atoms with Gasteiger partial charge in [0, 0.05) is 37.3 Å². The molecule has 5 nitrogen and oxygen atoms in total. The van der Waals surface area contributed by atoms with Crippen molar-refractivity contribution in [3.8, 4) is 0 Å². The van der Waals surface area contributed by atoms with E-state index in [2.05, 4.69) is 40.2 Å². The molecule has 1 aromatic rings. The van der Waals surface area contributed by atoms with Gasteiger partial charge in [-0.25, -0.2) is 0 Å². The molecule has 3 atom stereocenters. The summed E-state index contributed by atoms with van der Waals surface area (Å²) < 4.78 is 0. The van der Waals surface area contributed by atoms with Crippen LogP contribution in [-0.2, 0) is 17.6 Å². The average molecular weight is 342 g/mol. The quantitative estimate of drug-likeness (QED) is 0.741. The van der Waals surface area contributed by atoms with Crippen molar-refractivity contribution in [3.63, 3.8) is 0 Å². The number of amides is 1. The molecule has 4 rings (SSSR count). The van der Waals surface area contributed by atoms with E-state index >= 15 is 0 Å². The minimum absolute atomic E-state index is 0.112. The summed E-state index contributed by atoms with van der Waals surface area (Å²) in [6.45, 7) is 1.80. The number of carbonyl (C=O) groups excluding carboxylic acids is 1. The molecule has 1 heterocycles. The van der Waals surface area contributed by atoms with Crippen LogP contribution in [0, 0.1) is 5.92 Å². The highest BCUT2D eigenvalue weighted by Gasteiger charge is 2.39. The number of rotatable bonds is 6. The van der Waals surface area contributed by atoms with Gasteiger partial charge in [0.1, 0.15) is 0 Å². The lowest BCUT2D eigenvalue weighted by Crippen LogP contribution is -2.42. The maximum Gasteiger partial charge on any atom is 0.225 e. The topological polar surface area (TPSA) is 56.4 Å². The van der Waals surface area contributed by atoms with Crippen LogP contribution < -0.4 is 16.2 Å². The Morgan fingerprint density at radius 1 is 1.20 bits per heavy atom. The van der Waals surface area contributed by atoms with Gasteiger partial charge in [-0.05, 0) is 68.3 Å². The molecule has 25 heavy (non-hydrogen) atoms. The number of nitrogens with one attached hydrogen (secondary N) is 3. The van der Waals surface area contributed by atoms with Gasteiger partial charge < -0.3 is 10.2 Å². The second-order valence-corrected chi connectivity index (χ2v) is 7.99. The van der Waals surface area contributed by atoms with Crippen LogP contribution in [0.4, 0.5) is 5.69 Å². The van der Waals surface area contributed by atoms with Gasteiger partial charge in [-0.3, -0.25) is 15.6 Å². The molecule has 0 spiro atoms. The molecule has 2 aliphatic carbocycles. The molecule has 2 fully saturated rings. The summed E-state index contributed by atoms with van der Waals surface area (Å²) in [5.41, 5.74) is 10.7. The molecule has 1 saturated carbocycles. The Morgan fingerprint density at radius 3 is 3.00 bits per heavy atom. The summed E-state index contributed by atoms with van der Waals surface area (Å²) >= 11 is 0. The Labute approximate surface area is 150 Å². The number of nitrogens with zero attached hydrogens (tertiary/aromatic N) is 1. The van der Waals surface area contributed by atoms with Crippen LogP contribution in [0.3, 0.4) is 0 Å². The third-order valence-electron chi connectivity index (χ3n) is 6.15. The summed E-state index contributed by atoms with van der Waals surface area (Å²) in [7, 11) is 2.12. The van der Waals surface area contributed by atoms with Gasteiger partial charge in [-0.15, -0.1) is 0 Å². The number of carbonyl (C=O) groups is 1. The summed E-state index contributed by atoms with van der Waals surface area (Å²) in [5.74, 6) is 0.865. The smallest absolute Gasteiger partial charge is 0.225 e. The van der Waals surface area contributed by atoms with E-state index in [4.69, 9.17) is 0 Å². The zero-order valence-electron chi connectivity index (χ0n) is 15.2. The standard InChI is InChI=1S/C20H30N4O/c1-24(13-19-17-6-3-7-18(17)22-23-19)11-10-20(25)21-16-9-8-14-4-2-5-15(14)12-16/h8-9,12,17-19,22-23H,2-7,10-11,13H2,1H3,(H,21,25). The molecule has 5 heteroatoms. The number of hydrogen-bond acceptors (Lipinski definition) is 4. The fourth-order valence-corrected chi connectivity index (χ4v) is 4.74. The Hall–Kier alpha value is -1.43. The summed E-state index contributed by atoms with van der Waals surface area (Å²) in [6, 6.07) is 7.53. The number of hydrogen-bond donors (Lipinski definition) is 3. The van der Waals surface area contributed by atoms with Gasteiger partial charge in [0.2, 0.25) is 5.91 Å². The second-order valence-electron chi connectivity index (χ2n) is 7.99. The van der Waals surface area contributed by atoms with Crippen LogP contribution in [0.1, 0.15) is 43.2 Å². The summed E-state index contributed by atoms with van der Waals surface area (Å²) in [6.07, 6.45) is 8.06. The maximum absolute atomic E-state index is 12.3. The van der Waals surface area contributed by atoms with Gasteiger partial charge in [0.25, 0.3) is 0 Å². The normalized spacial score (nSPS) is 27.5. The van der Waals surface area contributed by atoms with Gasteiger partial charge >= 0.3 is 0 Å². The van der Waals surface area contributed by atoms with E-state index in [1.54, 1.807) is 0 Å². The first kappa shape index (κ1) is 17.0. The zero-order valence-corrected chi connectivity index (χ0v) is 15.2. The second kappa shape index (κ2) is 7.44. The van der Waals surface area contributed by atoms with E-state index in [1.807, 2.05) is 6.07 Å². The minimum Gasteiger partial charge on any atom is -0.326 e. The first-order chi connectivity index (χ1) is 12.2. The van der Waals surface area contributed by atoms with E-state index < -0.39 is 0 Å². The zero-order chi connectivity index (χ0) is 17.2. The highest BCUT2D eigenvalue weighted by molar-refractivity contribution is 5.91. The molecule has 1 aliphatic heterocycles. The molecule has 0 radical (unpaired) electrons. The van der Waals surface area contributed by atoms with E-state index in [1.165, 1.54) is 43.2 Å². The molecule has 1 saturated heterocycles. The van der Waals surface area contributed by atoms with E-state index in [9.17, 15) is 4.79 Å². The minimum atomic E-state index is 0.112. The Bertz CT molecular complexity index is 632. The number of fused-ring (bicyclic) bond motifs is 2. The lowest BCUT2D eigenvalue weighted by Gasteiger charge is -2.24. The molecular weight excluding hydrogens is 312 g/mol. The Balaban J connectivity index is 1.22. The first-order valence-corrected chi connectivity index (χ1v) is 9.80. The maximum atomic E-state index is 12.3. The molecule has 3 N–H and O–H groups in total. The highest BCUT2D eigenvalue weighted by atomic mass is 16.1. The highest BCUT2D eigenvalue weighted by Crippen LogP contribution is 2.31. The molecule has 0 bridgehead atoms. The van der Waals surface area contributed by atoms with Crippen LogP contribution >= 0.6 is 0 Å². The summed E-state index contributed by atoms with van der Waals surface area (Å²) in [5, 5.41) is 3.06. The fourth-order valence-electron chi connectivity index (χ4n) is 4.74. The molecule has 136 valence electrons. The Kier molecular flexibility index (Phi) is 5.06. The average Bonchev–Trinajstić information content (AvgIpc) is 3.30. The number of anilines is 1. The lowest BCUT2D eigenvalue weighted by atomic mass is 9.97. The van der Waals surface area contributed by atoms with Crippen molar-refractivity contribution in [2.24, 2.45) is 5.92 Å². The van der Waals surface area contributed by atoms with Gasteiger partial charge in [0.15, 0.2) is 0 Å². The predicted molar refractivity (Wildman–Crippen MR) is 100 cm³/mol. The molecular formula is C20H30N4O. The molecule has 3 aliphatic rings. The van der Waals surface area contributed by atoms with Gasteiger partial charge in [-0.1, -0.05) is 12.5 Å². The van der Waals surface area contributed by atoms with Crippen LogP contribution in [0.2, 0.25) is 0 Å². The molecule has 1 aromatic carbocycles. The largest absolute Gasteiger partial charge is 0.326 e. The number of aryl methyl sites for hydroxylation is 2. The van der Waals surface area contributed by atoms with E-state index in [0.717, 1.165) is 31.1 Å². The van der Waals surface area contributed by atoms with Gasteiger partial charge in [-0.2, -0.15) is 0 Å². The third-order valence-corrected chi connectivity index (χ3v) is 6.15. The van der Waals surface area contributed by atoms with Crippen molar-refractivity contribution in [3.05, 3.63) is 29.3 Å². The molecule has 0 aromatic heterocycles. The van der Waals surface area contributed by atoms with Crippen molar-refractivity contribution >= 4 is 11.6 Å². The van der Waals surface area contributed by atoms with Crippen LogP contribution in [0.5, 0.6) is 0 Å². The van der Waals surface area contributed by atoms with Crippen molar-refractivity contribution in [1.29, 1.82) is 0 Å². The van der Waals surface area contributed by atoms with E-state index in [0.29, 0.717) is 18.5 Å². The molecule has 1 amide bonds. The Morgan fingerprint density at radius 2 is 2.08 bits per heavy atom. The molecule has 3 unspecified atom stereocenters. The number of likely N-dealkylation sites (N-methyl/N-ethyl adjacent to an activating group) is 1. The van der Waals surface area contributed by atoms with Crippen LogP contribution in [0.15, 0.2) is 18.2 Å². The number of benzene rings is 1. The van der Waals surface area contributed by atoms with Gasteiger partial charge in [0.05, 0.1) is 0 Å². The summed E-state index contributed by atoms with van der Waals surface area (Å²) in [4.78, 5) is 14.6. The van der Waals surface area contributed by atoms with Crippen molar-refractivity contribution in [2.45, 2.75) is 57.0 Å². The van der Waals surface area contributed by atoms with Crippen LogP contribution in [-0.4, -0.2) is 43.0 Å². The fraction of sp³-hybridized carbons (Fsp3) is 0.650. The lowest BCUT2D eigenvalue weighted by molar-refractivity contribution is -0.116. The van der Waals surface area contributed by atoms with Crippen molar-refractivity contribution in [2.75, 3.05) is 25.5 Å². The number of hydrazine groups is 1. The predicted octanol–water partition coefficient (Wildman–Crippen LogP) is 2.08. The SMILES string of the molecule is CN(CCC(=O)Nc1ccc2c(c1)CCC2)CC1NNC2CCCC21. The van der Waals surface area contributed by atoms with Crippen LogP contribution in [0.25, 0.3) is 0 Å². The van der Waals surface area contributed by atoms with E-state index in [-0.39, 0.29) is 5.91 Å². The van der Waals surface area contributed by atoms with Crippen molar-refractivity contribution in [1.82, 2.24) is 15.8 Å². The third kappa shape index (κ3) is 3.89. The monoisotopic (exact) mass is 342 g/mol.